The molecule has 29 heavy (non-hydrogen) atoms. The predicted molar refractivity (Wildman–Crippen MR) is 111 cm³/mol. The lowest BCUT2D eigenvalue weighted by Crippen LogP contribution is -2.49. The zero-order chi connectivity index (χ0) is 20.2. The van der Waals surface area contributed by atoms with Gasteiger partial charge >= 0.3 is 0 Å². The lowest BCUT2D eigenvalue weighted by molar-refractivity contribution is 0.0745. The standard InChI is InChI=1S/C21H23N7O/c1-15-5-3-6-18(16(15)2)26-20-24-13-17(14-25-20)19(29)27-9-11-28(12-10-27)21-22-7-4-8-23-21/h3-8,13-14H,9-12H2,1-2H3,(H,24,25,26). The number of anilines is 3. The summed E-state index contributed by atoms with van der Waals surface area (Å²) < 4.78 is 0. The van der Waals surface area contributed by atoms with Gasteiger partial charge in [-0.1, -0.05) is 12.1 Å². The van der Waals surface area contributed by atoms with Crippen LogP contribution >= 0.6 is 0 Å². The van der Waals surface area contributed by atoms with Crippen molar-refractivity contribution in [2.24, 2.45) is 0 Å². The van der Waals surface area contributed by atoms with Crippen LogP contribution in [0.3, 0.4) is 0 Å². The van der Waals surface area contributed by atoms with Gasteiger partial charge in [0, 0.05) is 56.7 Å². The van der Waals surface area contributed by atoms with Gasteiger partial charge in [-0.25, -0.2) is 19.9 Å². The number of piperazine rings is 1. The van der Waals surface area contributed by atoms with Gasteiger partial charge in [0.25, 0.3) is 5.91 Å². The maximum absolute atomic E-state index is 12.8. The maximum atomic E-state index is 12.8. The van der Waals surface area contributed by atoms with Gasteiger partial charge in [0.15, 0.2) is 0 Å². The zero-order valence-electron chi connectivity index (χ0n) is 16.5. The second kappa shape index (κ2) is 8.22. The highest BCUT2D eigenvalue weighted by Gasteiger charge is 2.23. The molecule has 0 bridgehead atoms. The first-order valence-corrected chi connectivity index (χ1v) is 9.58. The van der Waals surface area contributed by atoms with Crippen molar-refractivity contribution in [2.75, 3.05) is 36.4 Å². The predicted octanol–water partition coefficient (Wildman–Crippen LogP) is 2.59. The topological polar surface area (TPSA) is 87.1 Å². The van der Waals surface area contributed by atoms with E-state index in [1.165, 1.54) is 5.56 Å². The van der Waals surface area contributed by atoms with E-state index < -0.39 is 0 Å². The van der Waals surface area contributed by atoms with E-state index in [-0.39, 0.29) is 5.91 Å². The molecule has 8 heteroatoms. The number of hydrogen-bond donors (Lipinski definition) is 1. The largest absolute Gasteiger partial charge is 0.337 e. The number of benzene rings is 1. The molecule has 1 fully saturated rings. The van der Waals surface area contributed by atoms with Crippen molar-refractivity contribution in [2.45, 2.75) is 13.8 Å². The van der Waals surface area contributed by atoms with Gasteiger partial charge in [-0.05, 0) is 37.1 Å². The molecule has 3 aromatic rings. The van der Waals surface area contributed by atoms with Crippen LogP contribution < -0.4 is 10.2 Å². The zero-order valence-corrected chi connectivity index (χ0v) is 16.5. The normalized spacial score (nSPS) is 14.0. The van der Waals surface area contributed by atoms with E-state index in [4.69, 9.17) is 0 Å². The molecule has 1 aliphatic heterocycles. The highest BCUT2D eigenvalue weighted by molar-refractivity contribution is 5.93. The summed E-state index contributed by atoms with van der Waals surface area (Å²) in [6.45, 7) is 6.73. The molecule has 8 nitrogen and oxygen atoms in total. The smallest absolute Gasteiger partial charge is 0.257 e. The Morgan fingerprint density at radius 2 is 1.62 bits per heavy atom. The molecule has 3 heterocycles. The molecule has 1 amide bonds. The van der Waals surface area contributed by atoms with Crippen molar-refractivity contribution in [3.63, 3.8) is 0 Å². The molecular weight excluding hydrogens is 366 g/mol. The van der Waals surface area contributed by atoms with Gasteiger partial charge in [0.2, 0.25) is 11.9 Å². The first-order chi connectivity index (χ1) is 14.1. The van der Waals surface area contributed by atoms with Crippen molar-refractivity contribution >= 4 is 23.5 Å². The molecule has 1 aromatic carbocycles. The number of nitrogens with one attached hydrogen (secondary N) is 1. The Labute approximate surface area is 169 Å². The van der Waals surface area contributed by atoms with Crippen molar-refractivity contribution in [3.05, 3.63) is 65.7 Å². The Hall–Kier alpha value is -3.55. The van der Waals surface area contributed by atoms with Crippen molar-refractivity contribution in [3.8, 4) is 0 Å². The van der Waals surface area contributed by atoms with Crippen LogP contribution in [0.25, 0.3) is 0 Å². The summed E-state index contributed by atoms with van der Waals surface area (Å²) in [5.74, 6) is 1.11. The Morgan fingerprint density at radius 1 is 0.931 bits per heavy atom. The van der Waals surface area contributed by atoms with E-state index in [1.807, 2.05) is 17.0 Å². The molecule has 0 spiro atoms. The van der Waals surface area contributed by atoms with E-state index >= 15 is 0 Å². The Kier molecular flexibility index (Phi) is 5.33. The van der Waals surface area contributed by atoms with Crippen molar-refractivity contribution in [1.82, 2.24) is 24.8 Å². The Bertz CT molecular complexity index is 984. The number of aryl methyl sites for hydroxylation is 1. The quantitative estimate of drug-likeness (QED) is 0.734. The molecule has 0 saturated carbocycles. The Morgan fingerprint density at radius 3 is 2.31 bits per heavy atom. The van der Waals surface area contributed by atoms with Gasteiger partial charge in [0.05, 0.1) is 5.56 Å². The lowest BCUT2D eigenvalue weighted by Gasteiger charge is -2.34. The average molecular weight is 389 g/mol. The van der Waals surface area contributed by atoms with Crippen molar-refractivity contribution < 1.29 is 4.79 Å². The van der Waals surface area contributed by atoms with Gasteiger partial charge in [0.1, 0.15) is 0 Å². The first kappa shape index (κ1) is 18.8. The van der Waals surface area contributed by atoms with E-state index in [1.54, 1.807) is 30.9 Å². The second-order valence-corrected chi connectivity index (χ2v) is 7.00. The fourth-order valence-corrected chi connectivity index (χ4v) is 3.26. The molecule has 148 valence electrons. The number of nitrogens with zero attached hydrogens (tertiary/aromatic N) is 6. The number of rotatable bonds is 4. The molecule has 0 aliphatic carbocycles. The average Bonchev–Trinajstić information content (AvgIpc) is 2.78. The highest BCUT2D eigenvalue weighted by Crippen LogP contribution is 2.21. The van der Waals surface area contributed by atoms with Crippen LogP contribution in [0, 0.1) is 13.8 Å². The van der Waals surface area contributed by atoms with Crippen LogP contribution in [0.4, 0.5) is 17.6 Å². The van der Waals surface area contributed by atoms with Crippen LogP contribution in [0.5, 0.6) is 0 Å². The summed E-state index contributed by atoms with van der Waals surface area (Å²) >= 11 is 0. The summed E-state index contributed by atoms with van der Waals surface area (Å²) in [5, 5.41) is 3.21. The third kappa shape index (κ3) is 4.16. The second-order valence-electron chi connectivity index (χ2n) is 7.00. The van der Waals surface area contributed by atoms with E-state index in [0.717, 1.165) is 11.3 Å². The molecule has 1 saturated heterocycles. The molecule has 0 unspecified atom stereocenters. The molecule has 1 N–H and O–H groups in total. The minimum atomic E-state index is -0.0584. The van der Waals surface area contributed by atoms with Crippen LogP contribution in [-0.4, -0.2) is 56.9 Å². The van der Waals surface area contributed by atoms with Crippen LogP contribution in [-0.2, 0) is 0 Å². The molecule has 0 atom stereocenters. The van der Waals surface area contributed by atoms with E-state index in [0.29, 0.717) is 43.6 Å². The number of hydrogen-bond acceptors (Lipinski definition) is 7. The number of amides is 1. The van der Waals surface area contributed by atoms with Gasteiger partial charge in [-0.3, -0.25) is 4.79 Å². The third-order valence-electron chi connectivity index (χ3n) is 5.15. The lowest BCUT2D eigenvalue weighted by atomic mass is 10.1. The molecule has 4 rings (SSSR count). The van der Waals surface area contributed by atoms with Gasteiger partial charge < -0.3 is 15.1 Å². The highest BCUT2D eigenvalue weighted by atomic mass is 16.2. The molecule has 2 aromatic heterocycles. The summed E-state index contributed by atoms with van der Waals surface area (Å²) in [6, 6.07) is 7.83. The molecular formula is C21H23N7O. The summed E-state index contributed by atoms with van der Waals surface area (Å²) in [5.41, 5.74) is 3.79. The van der Waals surface area contributed by atoms with Crippen LogP contribution in [0.15, 0.2) is 49.1 Å². The number of carbonyl (C=O) groups excluding carboxylic acids is 1. The SMILES string of the molecule is Cc1cccc(Nc2ncc(C(=O)N3CCN(c4ncccn4)CC3)cn2)c1C. The van der Waals surface area contributed by atoms with Gasteiger partial charge in [-0.15, -0.1) is 0 Å². The number of aromatic nitrogens is 4. The molecule has 1 aliphatic rings. The van der Waals surface area contributed by atoms with E-state index in [2.05, 4.69) is 50.1 Å². The minimum Gasteiger partial charge on any atom is -0.337 e. The summed E-state index contributed by atoms with van der Waals surface area (Å²) in [4.78, 5) is 33.9. The van der Waals surface area contributed by atoms with E-state index in [9.17, 15) is 4.79 Å². The summed E-state index contributed by atoms with van der Waals surface area (Å²) in [7, 11) is 0. The fraction of sp³-hybridized carbons (Fsp3) is 0.286. The Balaban J connectivity index is 1.38. The minimum absolute atomic E-state index is 0.0584. The van der Waals surface area contributed by atoms with Crippen LogP contribution in [0.2, 0.25) is 0 Å². The fourth-order valence-electron chi connectivity index (χ4n) is 3.26. The maximum Gasteiger partial charge on any atom is 0.257 e. The van der Waals surface area contributed by atoms with Crippen LogP contribution in [0.1, 0.15) is 21.5 Å². The number of carbonyl (C=O) groups is 1. The van der Waals surface area contributed by atoms with Gasteiger partial charge in [-0.2, -0.15) is 0 Å². The monoisotopic (exact) mass is 389 g/mol. The third-order valence-corrected chi connectivity index (χ3v) is 5.15. The molecule has 0 radical (unpaired) electrons. The summed E-state index contributed by atoms with van der Waals surface area (Å²) in [6.07, 6.45) is 6.61. The van der Waals surface area contributed by atoms with Crippen molar-refractivity contribution in [1.29, 1.82) is 0 Å². The first-order valence-electron chi connectivity index (χ1n) is 9.58.